The van der Waals surface area contributed by atoms with Crippen LogP contribution in [0.5, 0.6) is 17.2 Å². The van der Waals surface area contributed by atoms with Crippen molar-refractivity contribution in [3.8, 4) is 22.9 Å². The number of likely N-dealkylation sites (tertiary alicyclic amines) is 1. The van der Waals surface area contributed by atoms with E-state index in [1.807, 2.05) is 32.0 Å². The number of nitrogens with zero attached hydrogens (tertiary/aromatic N) is 3. The summed E-state index contributed by atoms with van der Waals surface area (Å²) < 4.78 is 18.0. The van der Waals surface area contributed by atoms with E-state index in [0.29, 0.717) is 61.0 Å². The molecule has 5 rings (SSSR count). The molecule has 0 bridgehead atoms. The normalized spacial score (nSPS) is 14.5. The number of anilines is 2. The van der Waals surface area contributed by atoms with Crippen molar-refractivity contribution < 1.29 is 23.8 Å². The van der Waals surface area contributed by atoms with Gasteiger partial charge in [-0.3, -0.25) is 14.4 Å². The Hall–Kier alpha value is -5.12. The third kappa shape index (κ3) is 6.59. The van der Waals surface area contributed by atoms with Crippen LogP contribution < -0.4 is 20.3 Å². The number of benzene rings is 3. The maximum absolute atomic E-state index is 13.9. The second kappa shape index (κ2) is 13.5. The molecule has 2 heterocycles. The Balaban J connectivity index is 1.48. The third-order valence-corrected chi connectivity index (χ3v) is 7.74. The molecule has 1 fully saturated rings. The minimum atomic E-state index is -0.442. The second-order valence-corrected chi connectivity index (χ2v) is 10.6. The summed E-state index contributed by atoms with van der Waals surface area (Å²) in [5, 5.41) is 7.60. The summed E-state index contributed by atoms with van der Waals surface area (Å²) in [6.45, 7) is 6.88. The van der Waals surface area contributed by atoms with Gasteiger partial charge in [-0.05, 0) is 93.3 Å². The zero-order valence-corrected chi connectivity index (χ0v) is 25.3. The molecule has 10 heteroatoms. The quantitative estimate of drug-likeness (QED) is 0.241. The van der Waals surface area contributed by atoms with Gasteiger partial charge in [-0.15, -0.1) is 0 Å². The van der Waals surface area contributed by atoms with Crippen LogP contribution in [-0.2, 0) is 9.53 Å². The highest BCUT2D eigenvalue weighted by Crippen LogP contribution is 2.32. The van der Waals surface area contributed by atoms with Crippen LogP contribution in [0.2, 0.25) is 0 Å². The highest BCUT2D eigenvalue weighted by molar-refractivity contribution is 5.95. The fourth-order valence-electron chi connectivity index (χ4n) is 5.16. The topological polar surface area (TPSA) is 112 Å². The van der Waals surface area contributed by atoms with Gasteiger partial charge >= 0.3 is 5.97 Å². The molecule has 1 aliphatic heterocycles. The smallest absolute Gasteiger partial charge is 0.310 e. The Bertz CT molecular complexity index is 1720. The molecule has 1 N–H and O–H groups in total. The highest BCUT2D eigenvalue weighted by atomic mass is 16.5. The number of esters is 1. The summed E-state index contributed by atoms with van der Waals surface area (Å²) in [4.78, 5) is 41.4. The molecular formula is C34H36N4O6. The van der Waals surface area contributed by atoms with Crippen molar-refractivity contribution in [2.45, 2.75) is 33.6 Å². The molecule has 4 aromatic rings. The Kier molecular flexibility index (Phi) is 9.28. The van der Waals surface area contributed by atoms with Crippen molar-refractivity contribution in [3.05, 3.63) is 100.0 Å². The molecule has 1 aromatic heterocycles. The van der Waals surface area contributed by atoms with Crippen LogP contribution in [-0.4, -0.2) is 53.4 Å². The molecule has 1 saturated heterocycles. The molecule has 0 unspecified atom stereocenters. The minimum Gasteiger partial charge on any atom is -0.497 e. The fraction of sp³-hybridized carbons (Fsp3) is 0.294. The number of nitrogens with one attached hydrogen (secondary N) is 1. The molecule has 1 atom stereocenters. The molecule has 0 saturated carbocycles. The van der Waals surface area contributed by atoms with E-state index in [4.69, 9.17) is 14.2 Å². The molecular weight excluding hydrogens is 560 g/mol. The number of amides is 1. The van der Waals surface area contributed by atoms with Crippen LogP contribution in [0.4, 0.5) is 11.4 Å². The largest absolute Gasteiger partial charge is 0.497 e. The summed E-state index contributed by atoms with van der Waals surface area (Å²) in [5.74, 6) is 0.674. The van der Waals surface area contributed by atoms with E-state index in [1.54, 1.807) is 67.5 Å². The number of piperidine rings is 1. The van der Waals surface area contributed by atoms with Crippen molar-refractivity contribution in [1.82, 2.24) is 14.7 Å². The Morgan fingerprint density at radius 1 is 1.02 bits per heavy atom. The lowest BCUT2D eigenvalue weighted by Gasteiger charge is -2.31. The lowest BCUT2D eigenvalue weighted by atomic mass is 9.97. The Labute approximate surface area is 256 Å². The van der Waals surface area contributed by atoms with E-state index in [2.05, 4.69) is 10.4 Å². The number of carbonyl (C=O) groups excluding carboxylic acids is 2. The number of hydrogen-bond acceptors (Lipinski definition) is 8. The number of carbonyl (C=O) groups is 2. The van der Waals surface area contributed by atoms with Crippen molar-refractivity contribution in [1.29, 1.82) is 0 Å². The van der Waals surface area contributed by atoms with Crippen molar-refractivity contribution in [2.24, 2.45) is 5.92 Å². The summed E-state index contributed by atoms with van der Waals surface area (Å²) >= 11 is 0. The maximum atomic E-state index is 13.9. The zero-order valence-electron chi connectivity index (χ0n) is 25.3. The number of methoxy groups -OCH3 is 1. The van der Waals surface area contributed by atoms with Crippen molar-refractivity contribution in [3.63, 3.8) is 0 Å². The lowest BCUT2D eigenvalue weighted by molar-refractivity contribution is -0.149. The number of aryl methyl sites for hydroxylation is 1. The predicted octanol–water partition coefficient (Wildman–Crippen LogP) is 5.81. The molecule has 1 aliphatic rings. The monoisotopic (exact) mass is 596 g/mol. The fourth-order valence-corrected chi connectivity index (χ4v) is 5.16. The van der Waals surface area contributed by atoms with E-state index in [1.165, 1.54) is 10.9 Å². The van der Waals surface area contributed by atoms with E-state index in [0.717, 1.165) is 11.1 Å². The lowest BCUT2D eigenvalue weighted by Crippen LogP contribution is -2.42. The minimum absolute atomic E-state index is 0.154. The summed E-state index contributed by atoms with van der Waals surface area (Å²) in [6, 6.07) is 19.6. The Morgan fingerprint density at radius 2 is 1.80 bits per heavy atom. The molecule has 3 aromatic carbocycles. The maximum Gasteiger partial charge on any atom is 0.310 e. The van der Waals surface area contributed by atoms with Gasteiger partial charge in [0.2, 0.25) is 0 Å². The van der Waals surface area contributed by atoms with E-state index in [-0.39, 0.29) is 29.2 Å². The van der Waals surface area contributed by atoms with Gasteiger partial charge in [0.25, 0.3) is 11.5 Å². The first-order valence-electron chi connectivity index (χ1n) is 14.6. The second-order valence-electron chi connectivity index (χ2n) is 10.6. The average Bonchev–Trinajstić information content (AvgIpc) is 3.05. The van der Waals surface area contributed by atoms with Crippen molar-refractivity contribution >= 4 is 23.3 Å². The summed E-state index contributed by atoms with van der Waals surface area (Å²) in [5.41, 5.74) is 3.19. The first-order valence-corrected chi connectivity index (χ1v) is 14.6. The summed E-state index contributed by atoms with van der Waals surface area (Å²) in [6.07, 6.45) is 2.90. The van der Waals surface area contributed by atoms with Gasteiger partial charge in [0.15, 0.2) is 11.4 Å². The molecule has 1 amide bonds. The molecule has 10 nitrogen and oxygen atoms in total. The molecule has 0 aliphatic carbocycles. The van der Waals surface area contributed by atoms with Crippen LogP contribution in [0.15, 0.2) is 77.7 Å². The molecule has 44 heavy (non-hydrogen) atoms. The SMILES string of the molecule is CCOC(=O)[C@H]1CCCN(C(=O)c2cccc(Nc3c(Oc4cccc(C)c4C)cnn(-c4ccc(OC)cc4)c3=O)c2)C1. The number of aromatic nitrogens is 2. The van der Waals surface area contributed by atoms with Gasteiger partial charge in [-0.1, -0.05) is 18.2 Å². The van der Waals surface area contributed by atoms with Crippen LogP contribution in [0.3, 0.4) is 0 Å². The van der Waals surface area contributed by atoms with Crippen LogP contribution in [0, 0.1) is 19.8 Å². The van der Waals surface area contributed by atoms with Crippen molar-refractivity contribution in [2.75, 3.05) is 32.1 Å². The first kappa shape index (κ1) is 30.3. The van der Waals surface area contributed by atoms with Crippen LogP contribution in [0.1, 0.15) is 41.3 Å². The van der Waals surface area contributed by atoms with E-state index in [9.17, 15) is 14.4 Å². The zero-order chi connectivity index (χ0) is 31.2. The van der Waals surface area contributed by atoms with E-state index >= 15 is 0 Å². The number of ether oxygens (including phenoxy) is 3. The standard InChI is InChI=1S/C34H36N4O6/c1-5-43-34(41)25-11-8-18-37(21-25)32(39)24-10-7-12-26(19-24)36-31-30(44-29-13-6-9-22(2)23(29)3)20-35-38(33(31)40)27-14-16-28(42-4)17-15-27/h6-7,9-10,12-17,19-20,25,36H,5,8,11,18,21H2,1-4H3/t25-/m0/s1. The van der Waals surface area contributed by atoms with Gasteiger partial charge in [0.1, 0.15) is 11.5 Å². The molecule has 0 radical (unpaired) electrons. The van der Waals surface area contributed by atoms with Crippen LogP contribution >= 0.6 is 0 Å². The van der Waals surface area contributed by atoms with Gasteiger partial charge in [0.05, 0.1) is 31.5 Å². The average molecular weight is 597 g/mol. The predicted molar refractivity (Wildman–Crippen MR) is 167 cm³/mol. The summed E-state index contributed by atoms with van der Waals surface area (Å²) in [7, 11) is 1.57. The number of rotatable bonds is 9. The number of hydrogen-bond donors (Lipinski definition) is 1. The molecule has 0 spiro atoms. The van der Waals surface area contributed by atoms with E-state index < -0.39 is 5.56 Å². The molecule has 228 valence electrons. The van der Waals surface area contributed by atoms with Crippen LogP contribution in [0.25, 0.3) is 5.69 Å². The van der Waals surface area contributed by atoms with Gasteiger partial charge < -0.3 is 24.4 Å². The van der Waals surface area contributed by atoms with Gasteiger partial charge in [-0.2, -0.15) is 9.78 Å². The van der Waals surface area contributed by atoms with Gasteiger partial charge in [-0.25, -0.2) is 0 Å². The first-order chi connectivity index (χ1) is 21.3. The van der Waals surface area contributed by atoms with Gasteiger partial charge in [0, 0.05) is 24.3 Å². The third-order valence-electron chi connectivity index (χ3n) is 7.74. The highest BCUT2D eigenvalue weighted by Gasteiger charge is 2.30. The Morgan fingerprint density at radius 3 is 2.55 bits per heavy atom.